The standard InChI is InChI=1S/C18H21N/c1-2-19-14-13-17-10-5-6-11-18(17,19)16-8-4-3-7-15(16)9-12-17/h3-4,7-9,12-14H,2,5-6,10-11H2,1H3. The van der Waals surface area contributed by atoms with Crippen molar-refractivity contribution in [1.82, 2.24) is 4.90 Å². The SMILES string of the molecule is CCN1C=CC23C=Cc4ccccc4C12CCCC3. The van der Waals surface area contributed by atoms with Crippen LogP contribution in [0.1, 0.15) is 43.7 Å². The first-order valence-corrected chi connectivity index (χ1v) is 7.57. The van der Waals surface area contributed by atoms with Crippen LogP contribution in [-0.2, 0) is 5.54 Å². The van der Waals surface area contributed by atoms with Gasteiger partial charge in [0.2, 0.25) is 0 Å². The van der Waals surface area contributed by atoms with E-state index in [9.17, 15) is 0 Å². The van der Waals surface area contributed by atoms with Crippen molar-refractivity contribution in [1.29, 1.82) is 0 Å². The summed E-state index contributed by atoms with van der Waals surface area (Å²) >= 11 is 0. The van der Waals surface area contributed by atoms with E-state index >= 15 is 0 Å². The van der Waals surface area contributed by atoms with Crippen molar-refractivity contribution in [2.45, 2.75) is 38.1 Å². The minimum absolute atomic E-state index is 0.200. The van der Waals surface area contributed by atoms with E-state index in [4.69, 9.17) is 0 Å². The highest BCUT2D eigenvalue weighted by Gasteiger charge is 2.58. The van der Waals surface area contributed by atoms with E-state index in [2.05, 4.69) is 60.5 Å². The maximum absolute atomic E-state index is 2.59. The van der Waals surface area contributed by atoms with E-state index in [1.807, 2.05) is 0 Å². The lowest BCUT2D eigenvalue weighted by Gasteiger charge is -2.55. The molecular formula is C18H21N. The molecule has 1 aromatic carbocycles. The summed E-state index contributed by atoms with van der Waals surface area (Å²) in [5, 5.41) is 0. The summed E-state index contributed by atoms with van der Waals surface area (Å²) in [4.78, 5) is 2.59. The monoisotopic (exact) mass is 251 g/mol. The zero-order chi connectivity index (χ0) is 12.9. The molecule has 0 N–H and O–H groups in total. The van der Waals surface area contributed by atoms with Crippen molar-refractivity contribution >= 4 is 6.08 Å². The van der Waals surface area contributed by atoms with Crippen molar-refractivity contribution in [3.63, 3.8) is 0 Å². The third kappa shape index (κ3) is 1.21. The van der Waals surface area contributed by atoms with Crippen LogP contribution < -0.4 is 0 Å². The van der Waals surface area contributed by atoms with Crippen LogP contribution in [0.15, 0.2) is 42.6 Å². The summed E-state index contributed by atoms with van der Waals surface area (Å²) < 4.78 is 0. The number of nitrogens with zero attached hydrogens (tertiary/aromatic N) is 1. The molecular weight excluding hydrogens is 230 g/mol. The van der Waals surface area contributed by atoms with Gasteiger partial charge in [0.25, 0.3) is 0 Å². The van der Waals surface area contributed by atoms with E-state index < -0.39 is 0 Å². The molecule has 2 unspecified atom stereocenters. The molecule has 1 aromatic rings. The minimum atomic E-state index is 0.200. The summed E-state index contributed by atoms with van der Waals surface area (Å²) in [6.07, 6.45) is 15.0. The van der Waals surface area contributed by atoms with Crippen LogP contribution in [0.4, 0.5) is 0 Å². The van der Waals surface area contributed by atoms with Gasteiger partial charge in [-0.1, -0.05) is 55.3 Å². The molecule has 19 heavy (non-hydrogen) atoms. The Morgan fingerprint density at radius 3 is 2.84 bits per heavy atom. The van der Waals surface area contributed by atoms with Gasteiger partial charge in [-0.25, -0.2) is 0 Å². The van der Waals surface area contributed by atoms with Gasteiger partial charge in [0, 0.05) is 12.0 Å². The van der Waals surface area contributed by atoms with Crippen molar-refractivity contribution < 1.29 is 0 Å². The molecule has 1 fully saturated rings. The van der Waals surface area contributed by atoms with Gasteiger partial charge < -0.3 is 4.90 Å². The zero-order valence-electron chi connectivity index (χ0n) is 11.6. The number of benzene rings is 1. The Balaban J connectivity index is 2.00. The van der Waals surface area contributed by atoms with Crippen molar-refractivity contribution in [2.75, 3.05) is 6.54 Å². The molecule has 0 saturated heterocycles. The van der Waals surface area contributed by atoms with Gasteiger partial charge in [0.1, 0.15) is 0 Å². The second kappa shape index (κ2) is 3.75. The molecule has 98 valence electrons. The topological polar surface area (TPSA) is 3.24 Å². The molecule has 1 heterocycles. The third-order valence-corrected chi connectivity index (χ3v) is 5.50. The zero-order valence-corrected chi connectivity index (χ0v) is 11.6. The lowest BCUT2D eigenvalue weighted by Crippen LogP contribution is -2.53. The summed E-state index contributed by atoms with van der Waals surface area (Å²) in [7, 11) is 0. The fourth-order valence-electron chi connectivity index (χ4n) is 4.67. The Bertz CT molecular complexity index is 571. The Morgan fingerprint density at radius 1 is 1.11 bits per heavy atom. The van der Waals surface area contributed by atoms with E-state index in [0.717, 1.165) is 6.54 Å². The Hall–Kier alpha value is -1.50. The highest BCUT2D eigenvalue weighted by atomic mass is 15.2. The molecule has 1 saturated carbocycles. The third-order valence-electron chi connectivity index (χ3n) is 5.50. The van der Waals surface area contributed by atoms with E-state index in [-0.39, 0.29) is 11.0 Å². The first-order valence-electron chi connectivity index (χ1n) is 7.57. The second-order valence-corrected chi connectivity index (χ2v) is 6.13. The molecule has 1 heteroatoms. The van der Waals surface area contributed by atoms with Crippen LogP contribution >= 0.6 is 0 Å². The normalized spacial score (nSPS) is 34.9. The predicted molar refractivity (Wildman–Crippen MR) is 79.6 cm³/mol. The number of hydrogen-bond donors (Lipinski definition) is 0. The maximum atomic E-state index is 2.59. The van der Waals surface area contributed by atoms with Gasteiger partial charge in [0.15, 0.2) is 0 Å². The van der Waals surface area contributed by atoms with E-state index in [1.165, 1.54) is 31.2 Å². The van der Waals surface area contributed by atoms with Crippen molar-refractivity contribution in [3.8, 4) is 0 Å². The highest BCUT2D eigenvalue weighted by molar-refractivity contribution is 5.64. The van der Waals surface area contributed by atoms with Crippen molar-refractivity contribution in [2.24, 2.45) is 5.41 Å². The van der Waals surface area contributed by atoms with Crippen LogP contribution in [0, 0.1) is 5.41 Å². The molecule has 1 aliphatic heterocycles. The largest absolute Gasteiger partial charge is 0.367 e. The molecule has 0 bridgehead atoms. The fraction of sp³-hybridized carbons (Fsp3) is 0.444. The lowest BCUT2D eigenvalue weighted by atomic mass is 9.56. The molecule has 4 rings (SSSR count). The van der Waals surface area contributed by atoms with Crippen LogP contribution in [0.5, 0.6) is 0 Å². The summed E-state index contributed by atoms with van der Waals surface area (Å²) in [5.74, 6) is 0. The van der Waals surface area contributed by atoms with Gasteiger partial charge in [-0.05, 0) is 37.1 Å². The van der Waals surface area contributed by atoms with Crippen LogP contribution in [0.2, 0.25) is 0 Å². The molecule has 0 aromatic heterocycles. The molecule has 1 nitrogen and oxygen atoms in total. The van der Waals surface area contributed by atoms with Gasteiger partial charge in [-0.3, -0.25) is 0 Å². The first kappa shape index (κ1) is 11.3. The quantitative estimate of drug-likeness (QED) is 0.718. The first-order chi connectivity index (χ1) is 9.32. The van der Waals surface area contributed by atoms with E-state index in [1.54, 1.807) is 5.56 Å². The molecule has 0 amide bonds. The molecule has 2 aliphatic carbocycles. The number of rotatable bonds is 1. The summed E-state index contributed by atoms with van der Waals surface area (Å²) in [6.45, 7) is 3.38. The van der Waals surface area contributed by atoms with Gasteiger partial charge >= 0.3 is 0 Å². The Labute approximate surface area is 115 Å². The van der Waals surface area contributed by atoms with E-state index in [0.29, 0.717) is 0 Å². The molecule has 0 spiro atoms. The van der Waals surface area contributed by atoms with Gasteiger partial charge in [0.05, 0.1) is 5.54 Å². The fourth-order valence-corrected chi connectivity index (χ4v) is 4.67. The summed E-state index contributed by atoms with van der Waals surface area (Å²) in [6, 6.07) is 8.99. The lowest BCUT2D eigenvalue weighted by molar-refractivity contribution is 0.0352. The molecule has 0 radical (unpaired) electrons. The number of fused-ring (bicyclic) bond motifs is 1. The van der Waals surface area contributed by atoms with Gasteiger partial charge in [-0.2, -0.15) is 0 Å². The van der Waals surface area contributed by atoms with Crippen LogP contribution in [0.3, 0.4) is 0 Å². The van der Waals surface area contributed by atoms with Crippen molar-refractivity contribution in [3.05, 3.63) is 53.7 Å². The second-order valence-electron chi connectivity index (χ2n) is 6.13. The van der Waals surface area contributed by atoms with Crippen LogP contribution in [0.25, 0.3) is 6.08 Å². The minimum Gasteiger partial charge on any atom is -0.367 e. The van der Waals surface area contributed by atoms with Crippen LogP contribution in [-0.4, -0.2) is 11.4 Å². The average molecular weight is 251 g/mol. The average Bonchev–Trinajstić information content (AvgIpc) is 2.83. The van der Waals surface area contributed by atoms with Gasteiger partial charge in [-0.15, -0.1) is 0 Å². The Kier molecular flexibility index (Phi) is 2.24. The maximum Gasteiger partial charge on any atom is 0.0779 e. The molecule has 2 atom stereocenters. The smallest absolute Gasteiger partial charge is 0.0779 e. The summed E-state index contributed by atoms with van der Waals surface area (Å²) in [5.41, 5.74) is 3.41. The molecule has 3 aliphatic rings. The highest BCUT2D eigenvalue weighted by Crippen LogP contribution is 2.61. The number of hydrogen-bond acceptors (Lipinski definition) is 1. The predicted octanol–water partition coefficient (Wildman–Crippen LogP) is 4.32. The Morgan fingerprint density at radius 2 is 1.95 bits per heavy atom.